The molecule has 0 aromatic heterocycles. The molecule has 2 rings (SSSR count). The zero-order chi connectivity index (χ0) is 12.3. The minimum Gasteiger partial charge on any atom is -0.493 e. The molecule has 0 aliphatic carbocycles. The van der Waals surface area contributed by atoms with Gasteiger partial charge in [-0.15, -0.1) is 0 Å². The second-order valence-electron chi connectivity index (χ2n) is 4.86. The molecule has 1 aliphatic rings. The van der Waals surface area contributed by atoms with E-state index in [0.29, 0.717) is 0 Å². The van der Waals surface area contributed by atoms with Crippen molar-refractivity contribution in [3.05, 3.63) is 35.9 Å². The molecule has 1 saturated heterocycles. The largest absolute Gasteiger partial charge is 0.493 e. The Labute approximate surface area is 103 Å². The number of rotatable bonds is 5. The highest BCUT2D eigenvalue weighted by Gasteiger charge is 2.37. The minimum absolute atomic E-state index is 0.240. The van der Waals surface area contributed by atoms with E-state index in [-0.39, 0.29) is 5.41 Å². The van der Waals surface area contributed by atoms with Gasteiger partial charge in [-0.2, -0.15) is 0 Å². The Kier molecular flexibility index (Phi) is 3.53. The van der Waals surface area contributed by atoms with Crippen LogP contribution in [0, 0.1) is 12.3 Å². The molecule has 0 N–H and O–H groups in total. The maximum absolute atomic E-state index is 5.92. The van der Waals surface area contributed by atoms with Crippen molar-refractivity contribution < 1.29 is 9.47 Å². The van der Waals surface area contributed by atoms with Crippen LogP contribution in [0.2, 0.25) is 0 Å². The maximum atomic E-state index is 5.92. The standard InChI is InChI=1S/C15H20O2/c1-4-13-6-7-14(12(3)8-13)17-11-15(5-2)9-16-10-15/h4,6-8H,1,5,9-11H2,2-3H3. The maximum Gasteiger partial charge on any atom is 0.122 e. The lowest BCUT2D eigenvalue weighted by Crippen LogP contribution is -2.46. The first-order valence-corrected chi connectivity index (χ1v) is 6.13. The van der Waals surface area contributed by atoms with Crippen molar-refractivity contribution in [3.63, 3.8) is 0 Å². The Balaban J connectivity index is 2.01. The predicted octanol–water partition coefficient (Wildman–Crippen LogP) is 3.44. The average molecular weight is 232 g/mol. The van der Waals surface area contributed by atoms with Gasteiger partial charge in [0.25, 0.3) is 0 Å². The first-order valence-electron chi connectivity index (χ1n) is 6.13. The van der Waals surface area contributed by atoms with Crippen LogP contribution in [0.5, 0.6) is 5.75 Å². The molecule has 0 amide bonds. The number of benzene rings is 1. The number of ether oxygens (including phenoxy) is 2. The second-order valence-corrected chi connectivity index (χ2v) is 4.86. The van der Waals surface area contributed by atoms with Crippen molar-refractivity contribution in [2.24, 2.45) is 5.41 Å². The molecule has 0 unspecified atom stereocenters. The van der Waals surface area contributed by atoms with Crippen LogP contribution < -0.4 is 4.74 Å². The summed E-state index contributed by atoms with van der Waals surface area (Å²) in [6.07, 6.45) is 2.96. The molecule has 92 valence electrons. The van der Waals surface area contributed by atoms with Crippen molar-refractivity contribution in [1.82, 2.24) is 0 Å². The number of hydrogen-bond donors (Lipinski definition) is 0. The monoisotopic (exact) mass is 232 g/mol. The molecule has 0 saturated carbocycles. The van der Waals surface area contributed by atoms with Crippen molar-refractivity contribution in [1.29, 1.82) is 0 Å². The number of hydrogen-bond acceptors (Lipinski definition) is 2. The van der Waals surface area contributed by atoms with Crippen molar-refractivity contribution >= 4 is 6.08 Å². The second kappa shape index (κ2) is 4.92. The van der Waals surface area contributed by atoms with Crippen LogP contribution in [0.25, 0.3) is 6.08 Å². The van der Waals surface area contributed by atoms with Gasteiger partial charge in [0.05, 0.1) is 25.2 Å². The van der Waals surface area contributed by atoms with E-state index < -0.39 is 0 Å². The molecule has 1 heterocycles. The average Bonchev–Trinajstić information content (AvgIpc) is 2.30. The molecule has 0 spiro atoms. The summed E-state index contributed by atoms with van der Waals surface area (Å²) in [7, 11) is 0. The van der Waals surface area contributed by atoms with E-state index in [4.69, 9.17) is 9.47 Å². The molecule has 0 atom stereocenters. The number of aryl methyl sites for hydroxylation is 1. The molecular formula is C15H20O2. The van der Waals surface area contributed by atoms with E-state index >= 15 is 0 Å². The van der Waals surface area contributed by atoms with Gasteiger partial charge in [-0.1, -0.05) is 25.6 Å². The summed E-state index contributed by atoms with van der Waals surface area (Å²) >= 11 is 0. The lowest BCUT2D eigenvalue weighted by atomic mass is 9.84. The fraction of sp³-hybridized carbons (Fsp3) is 0.467. The summed E-state index contributed by atoms with van der Waals surface area (Å²) in [5.41, 5.74) is 2.53. The third kappa shape index (κ3) is 2.52. The zero-order valence-corrected chi connectivity index (χ0v) is 10.7. The first kappa shape index (κ1) is 12.2. The van der Waals surface area contributed by atoms with E-state index in [1.165, 1.54) is 0 Å². The summed E-state index contributed by atoms with van der Waals surface area (Å²) in [5, 5.41) is 0. The Bertz CT molecular complexity index is 400. The molecule has 2 heteroatoms. The molecule has 1 aliphatic heterocycles. The third-order valence-corrected chi connectivity index (χ3v) is 3.54. The van der Waals surface area contributed by atoms with Crippen LogP contribution in [-0.2, 0) is 4.74 Å². The van der Waals surface area contributed by atoms with Gasteiger partial charge < -0.3 is 9.47 Å². The van der Waals surface area contributed by atoms with Gasteiger partial charge in [-0.05, 0) is 36.6 Å². The topological polar surface area (TPSA) is 18.5 Å². The minimum atomic E-state index is 0.240. The van der Waals surface area contributed by atoms with Gasteiger partial charge in [0, 0.05) is 0 Å². The van der Waals surface area contributed by atoms with Crippen LogP contribution in [0.4, 0.5) is 0 Å². The summed E-state index contributed by atoms with van der Waals surface area (Å²) in [4.78, 5) is 0. The molecule has 2 nitrogen and oxygen atoms in total. The summed E-state index contributed by atoms with van der Waals surface area (Å²) in [6, 6.07) is 6.15. The fourth-order valence-corrected chi connectivity index (χ4v) is 1.97. The molecule has 1 fully saturated rings. The lowest BCUT2D eigenvalue weighted by Gasteiger charge is -2.40. The first-order chi connectivity index (χ1) is 8.19. The molecular weight excluding hydrogens is 212 g/mol. The highest BCUT2D eigenvalue weighted by Crippen LogP contribution is 2.32. The van der Waals surface area contributed by atoms with E-state index in [0.717, 1.165) is 43.1 Å². The fourth-order valence-electron chi connectivity index (χ4n) is 1.97. The van der Waals surface area contributed by atoms with Crippen molar-refractivity contribution in [3.8, 4) is 5.75 Å². The smallest absolute Gasteiger partial charge is 0.122 e. The molecule has 17 heavy (non-hydrogen) atoms. The summed E-state index contributed by atoms with van der Waals surface area (Å²) < 4.78 is 11.2. The van der Waals surface area contributed by atoms with Crippen LogP contribution >= 0.6 is 0 Å². The normalized spacial score (nSPS) is 17.3. The van der Waals surface area contributed by atoms with E-state index in [1.54, 1.807) is 0 Å². The SMILES string of the molecule is C=Cc1ccc(OCC2(CC)COC2)c(C)c1. The predicted molar refractivity (Wildman–Crippen MR) is 70.3 cm³/mol. The summed E-state index contributed by atoms with van der Waals surface area (Å²) in [6.45, 7) is 10.4. The van der Waals surface area contributed by atoms with Gasteiger partial charge in [0.15, 0.2) is 0 Å². The Morgan fingerprint density at radius 1 is 1.47 bits per heavy atom. The van der Waals surface area contributed by atoms with Crippen LogP contribution in [-0.4, -0.2) is 19.8 Å². The lowest BCUT2D eigenvalue weighted by molar-refractivity contribution is -0.133. The Hall–Kier alpha value is -1.28. The summed E-state index contributed by atoms with van der Waals surface area (Å²) in [5.74, 6) is 0.968. The van der Waals surface area contributed by atoms with Gasteiger partial charge in [-0.3, -0.25) is 0 Å². The highest BCUT2D eigenvalue weighted by molar-refractivity contribution is 5.51. The van der Waals surface area contributed by atoms with Crippen LogP contribution in [0.3, 0.4) is 0 Å². The van der Waals surface area contributed by atoms with E-state index in [1.807, 2.05) is 18.2 Å². The third-order valence-electron chi connectivity index (χ3n) is 3.54. The Morgan fingerprint density at radius 3 is 2.71 bits per heavy atom. The molecule has 0 radical (unpaired) electrons. The van der Waals surface area contributed by atoms with Crippen molar-refractivity contribution in [2.45, 2.75) is 20.3 Å². The highest BCUT2D eigenvalue weighted by atomic mass is 16.5. The Morgan fingerprint density at radius 2 is 2.24 bits per heavy atom. The molecule has 0 bridgehead atoms. The quantitative estimate of drug-likeness (QED) is 0.774. The van der Waals surface area contributed by atoms with Crippen LogP contribution in [0.1, 0.15) is 24.5 Å². The van der Waals surface area contributed by atoms with Crippen molar-refractivity contribution in [2.75, 3.05) is 19.8 Å². The van der Waals surface area contributed by atoms with Gasteiger partial charge in [0.1, 0.15) is 5.75 Å². The van der Waals surface area contributed by atoms with Crippen LogP contribution in [0.15, 0.2) is 24.8 Å². The van der Waals surface area contributed by atoms with E-state index in [9.17, 15) is 0 Å². The van der Waals surface area contributed by atoms with Gasteiger partial charge in [-0.25, -0.2) is 0 Å². The molecule has 1 aromatic rings. The molecule has 1 aromatic carbocycles. The van der Waals surface area contributed by atoms with Gasteiger partial charge in [0.2, 0.25) is 0 Å². The van der Waals surface area contributed by atoms with E-state index in [2.05, 4.69) is 26.5 Å². The zero-order valence-electron chi connectivity index (χ0n) is 10.7. The van der Waals surface area contributed by atoms with Gasteiger partial charge >= 0.3 is 0 Å².